The minimum Gasteiger partial charge on any atom is -0.457 e. The molecule has 0 spiro atoms. The fraction of sp³-hybridized carbons (Fsp3) is 0.222. The lowest BCUT2D eigenvalue weighted by atomic mass is 10.1. The van der Waals surface area contributed by atoms with Crippen LogP contribution in [0.4, 0.5) is 10.3 Å². The Hall–Kier alpha value is -3.77. The van der Waals surface area contributed by atoms with E-state index in [4.69, 9.17) is 4.74 Å². The standard InChI is InChI=1S/C27H26FN4O3P/c1-27(28,36)19-5-4-6-21(17-19)35-20-11-9-18(10-12-20)25(34)31-13-15-32(16-14-31)26-29-23-8-3-2-7-22(23)24(33)30-26/h2-12,17H,13-16,36H2,1H3,(H,29,30,33). The summed E-state index contributed by atoms with van der Waals surface area (Å²) in [5, 5.41) is -0.986. The highest BCUT2D eigenvalue weighted by molar-refractivity contribution is 7.18. The van der Waals surface area contributed by atoms with Gasteiger partial charge in [-0.25, -0.2) is 9.37 Å². The number of rotatable bonds is 5. The molecule has 1 amide bonds. The van der Waals surface area contributed by atoms with Crippen LogP contribution in [0.25, 0.3) is 10.9 Å². The Bertz CT molecular complexity index is 1460. The maximum atomic E-state index is 14.2. The number of aromatic nitrogens is 2. The number of nitrogens with one attached hydrogen (secondary N) is 1. The van der Waals surface area contributed by atoms with Crippen LogP contribution >= 0.6 is 9.24 Å². The predicted octanol–water partition coefficient (Wildman–Crippen LogP) is 4.70. The number of alkyl halides is 1. The van der Waals surface area contributed by atoms with Crippen LogP contribution in [0.2, 0.25) is 0 Å². The van der Waals surface area contributed by atoms with E-state index in [1.165, 1.54) is 6.92 Å². The first kappa shape index (κ1) is 23.9. The third-order valence-electron chi connectivity index (χ3n) is 6.20. The van der Waals surface area contributed by atoms with Crippen molar-refractivity contribution in [2.45, 2.75) is 12.3 Å². The molecule has 2 atom stereocenters. The molecule has 1 aliphatic heterocycles. The summed E-state index contributed by atoms with van der Waals surface area (Å²) in [6, 6.07) is 21.0. The van der Waals surface area contributed by atoms with Crippen molar-refractivity contribution >= 4 is 32.0 Å². The molecule has 4 aromatic rings. The van der Waals surface area contributed by atoms with Gasteiger partial charge in [0.25, 0.3) is 11.5 Å². The first-order valence-corrected chi connectivity index (χ1v) is 12.3. The number of benzene rings is 3. The second-order valence-corrected chi connectivity index (χ2v) is 10.0. The van der Waals surface area contributed by atoms with Crippen LogP contribution in [0.3, 0.4) is 0 Å². The number of ether oxygens (including phenoxy) is 1. The summed E-state index contributed by atoms with van der Waals surface area (Å²) < 4.78 is 20.1. The van der Waals surface area contributed by atoms with Crippen LogP contribution < -0.4 is 15.2 Å². The van der Waals surface area contributed by atoms with E-state index >= 15 is 0 Å². The minimum atomic E-state index is -1.54. The molecule has 2 unspecified atom stereocenters. The highest BCUT2D eigenvalue weighted by Gasteiger charge is 2.24. The number of anilines is 1. The molecular formula is C27H26FN4O3P. The summed E-state index contributed by atoms with van der Waals surface area (Å²) in [5.74, 6) is 1.53. The number of piperazine rings is 1. The van der Waals surface area contributed by atoms with E-state index in [2.05, 4.69) is 19.2 Å². The van der Waals surface area contributed by atoms with E-state index < -0.39 is 5.41 Å². The molecule has 0 saturated carbocycles. The van der Waals surface area contributed by atoms with Crippen molar-refractivity contribution < 1.29 is 13.9 Å². The summed E-state index contributed by atoms with van der Waals surface area (Å²) in [6.07, 6.45) is 0. The summed E-state index contributed by atoms with van der Waals surface area (Å²) in [7, 11) is 2.17. The summed E-state index contributed by atoms with van der Waals surface area (Å²) in [6.45, 7) is 3.62. The number of H-pyrrole nitrogens is 1. The normalized spacial score (nSPS) is 15.5. The molecule has 1 saturated heterocycles. The second kappa shape index (κ2) is 9.70. The summed E-state index contributed by atoms with van der Waals surface area (Å²) in [5.41, 5.74) is 1.54. The van der Waals surface area contributed by atoms with Crippen molar-refractivity contribution in [1.82, 2.24) is 14.9 Å². The highest BCUT2D eigenvalue weighted by Crippen LogP contribution is 2.35. The second-order valence-electron chi connectivity index (χ2n) is 8.92. The molecule has 0 radical (unpaired) electrons. The maximum absolute atomic E-state index is 14.2. The number of aromatic amines is 1. The van der Waals surface area contributed by atoms with E-state index in [0.29, 0.717) is 65.7 Å². The minimum absolute atomic E-state index is 0.0700. The number of hydrogen-bond acceptors (Lipinski definition) is 5. The lowest BCUT2D eigenvalue weighted by Gasteiger charge is -2.35. The molecule has 9 heteroatoms. The van der Waals surface area contributed by atoms with E-state index in [1.807, 2.05) is 23.1 Å². The molecule has 0 bridgehead atoms. The Morgan fingerprint density at radius 1 is 1.00 bits per heavy atom. The predicted molar refractivity (Wildman–Crippen MR) is 142 cm³/mol. The largest absolute Gasteiger partial charge is 0.457 e. The Morgan fingerprint density at radius 3 is 2.44 bits per heavy atom. The molecule has 0 aliphatic carbocycles. The fourth-order valence-electron chi connectivity index (χ4n) is 4.19. The zero-order valence-corrected chi connectivity index (χ0v) is 20.9. The van der Waals surface area contributed by atoms with Gasteiger partial charge in [0.1, 0.15) is 16.9 Å². The van der Waals surface area contributed by atoms with Gasteiger partial charge in [0.15, 0.2) is 0 Å². The van der Waals surface area contributed by atoms with Crippen molar-refractivity contribution in [1.29, 1.82) is 0 Å². The monoisotopic (exact) mass is 504 g/mol. The van der Waals surface area contributed by atoms with Crippen LogP contribution in [0.1, 0.15) is 22.8 Å². The van der Waals surface area contributed by atoms with Gasteiger partial charge in [-0.1, -0.05) is 33.5 Å². The molecule has 5 rings (SSSR count). The molecule has 2 heterocycles. The van der Waals surface area contributed by atoms with Gasteiger partial charge in [-0.3, -0.25) is 14.6 Å². The quantitative estimate of drug-likeness (QED) is 0.399. The zero-order valence-electron chi connectivity index (χ0n) is 19.8. The SMILES string of the molecule is CC(F)(P)c1cccc(Oc2ccc(C(=O)N3CCN(c4nc5ccccc5c(=O)[nH]4)CC3)cc2)c1. The third-order valence-corrected chi connectivity index (χ3v) is 6.54. The Kier molecular flexibility index (Phi) is 6.46. The van der Waals surface area contributed by atoms with Gasteiger partial charge < -0.3 is 14.5 Å². The number of hydrogen-bond donors (Lipinski definition) is 1. The summed E-state index contributed by atoms with van der Waals surface area (Å²) >= 11 is 0. The van der Waals surface area contributed by atoms with Crippen LogP contribution in [0.5, 0.6) is 11.5 Å². The number of carbonyl (C=O) groups is 1. The first-order valence-electron chi connectivity index (χ1n) is 11.7. The van der Waals surface area contributed by atoms with Gasteiger partial charge in [-0.05, 0) is 61.0 Å². The number of carbonyl (C=O) groups excluding carboxylic acids is 1. The average molecular weight is 505 g/mol. The maximum Gasteiger partial charge on any atom is 0.260 e. The van der Waals surface area contributed by atoms with E-state index in [1.54, 1.807) is 59.5 Å². The fourth-order valence-corrected chi connectivity index (χ4v) is 4.37. The van der Waals surface area contributed by atoms with E-state index in [-0.39, 0.29) is 11.5 Å². The number of fused-ring (bicyclic) bond motifs is 1. The number of nitrogens with zero attached hydrogens (tertiary/aromatic N) is 3. The van der Waals surface area contributed by atoms with Gasteiger partial charge >= 0.3 is 0 Å². The van der Waals surface area contributed by atoms with Crippen molar-refractivity contribution in [3.8, 4) is 11.5 Å². The third kappa shape index (κ3) is 5.09. The van der Waals surface area contributed by atoms with Crippen LogP contribution in [0.15, 0.2) is 77.6 Å². The van der Waals surface area contributed by atoms with Gasteiger partial charge in [0, 0.05) is 31.7 Å². The average Bonchev–Trinajstić information content (AvgIpc) is 2.88. The number of para-hydroxylation sites is 1. The molecule has 36 heavy (non-hydrogen) atoms. The number of amides is 1. The van der Waals surface area contributed by atoms with Crippen molar-refractivity contribution in [2.24, 2.45) is 0 Å². The first-order chi connectivity index (χ1) is 17.3. The van der Waals surface area contributed by atoms with Gasteiger partial charge in [0.05, 0.1) is 10.9 Å². The van der Waals surface area contributed by atoms with Crippen LogP contribution in [-0.2, 0) is 5.41 Å². The molecule has 1 N–H and O–H groups in total. The molecule has 184 valence electrons. The van der Waals surface area contributed by atoms with Gasteiger partial charge in [0.2, 0.25) is 5.95 Å². The molecular weight excluding hydrogens is 478 g/mol. The number of halogens is 1. The molecule has 1 aliphatic rings. The molecule has 1 fully saturated rings. The Labute approximate surface area is 210 Å². The van der Waals surface area contributed by atoms with E-state index in [9.17, 15) is 14.0 Å². The van der Waals surface area contributed by atoms with E-state index in [0.717, 1.165) is 0 Å². The smallest absolute Gasteiger partial charge is 0.260 e. The molecule has 7 nitrogen and oxygen atoms in total. The molecule has 1 aromatic heterocycles. The lowest BCUT2D eigenvalue weighted by molar-refractivity contribution is 0.0746. The lowest BCUT2D eigenvalue weighted by Crippen LogP contribution is -2.49. The topological polar surface area (TPSA) is 78.5 Å². The Morgan fingerprint density at radius 2 is 1.72 bits per heavy atom. The highest BCUT2D eigenvalue weighted by atomic mass is 31.0. The zero-order chi connectivity index (χ0) is 25.3. The van der Waals surface area contributed by atoms with Crippen LogP contribution in [-0.4, -0.2) is 47.0 Å². The van der Waals surface area contributed by atoms with Gasteiger partial charge in [-0.15, -0.1) is 0 Å². The van der Waals surface area contributed by atoms with Crippen molar-refractivity contribution in [3.05, 3.63) is 94.3 Å². The van der Waals surface area contributed by atoms with Crippen LogP contribution in [0, 0.1) is 0 Å². The summed E-state index contributed by atoms with van der Waals surface area (Å²) in [4.78, 5) is 36.6. The van der Waals surface area contributed by atoms with Crippen molar-refractivity contribution in [2.75, 3.05) is 31.1 Å². The Balaban J connectivity index is 1.22. The molecule has 3 aromatic carbocycles. The van der Waals surface area contributed by atoms with Gasteiger partial charge in [-0.2, -0.15) is 0 Å². The van der Waals surface area contributed by atoms with Crippen molar-refractivity contribution in [3.63, 3.8) is 0 Å².